The number of imidazole rings is 1. The number of alkyl halides is 3. The van der Waals surface area contributed by atoms with Gasteiger partial charge in [0.1, 0.15) is 22.4 Å². The fraction of sp³-hybridized carbons (Fsp3) is 0.233. The molecule has 3 aromatic rings. The first-order chi connectivity index (χ1) is 18.3. The highest BCUT2D eigenvalue weighted by molar-refractivity contribution is 7.99. The standard InChI is InChI=1S/C30H26F3N3OS/c1-19-17-29-16-10-15-23(30(31,32)33)36(29)28-34-18-24(35(28)27(29)20(2)25(19)37-3)38-26(21-11-6-4-7-12-21)22-13-8-5-9-14-22/h4-18,25-26H,1-3H3. The lowest BCUT2D eigenvalue weighted by atomic mass is 9.79. The lowest BCUT2D eigenvalue weighted by molar-refractivity contribution is -0.0941. The second kappa shape index (κ2) is 9.06. The number of nitrogens with zero attached hydrogens (tertiary/aromatic N) is 3. The normalized spacial score (nSPS) is 22.3. The Morgan fingerprint density at radius 3 is 2.21 bits per heavy atom. The van der Waals surface area contributed by atoms with Gasteiger partial charge in [-0.15, -0.1) is 0 Å². The van der Waals surface area contributed by atoms with Crippen molar-refractivity contribution in [3.05, 3.63) is 119 Å². The van der Waals surface area contributed by atoms with Gasteiger partial charge in [0.15, 0.2) is 0 Å². The number of fused-ring (bicyclic) bond motifs is 3. The third-order valence-corrected chi connectivity index (χ3v) is 8.64. The quantitative estimate of drug-likeness (QED) is 0.250. The van der Waals surface area contributed by atoms with Gasteiger partial charge in [0.2, 0.25) is 5.95 Å². The number of methoxy groups -OCH3 is 1. The Morgan fingerprint density at radius 2 is 1.63 bits per heavy atom. The van der Waals surface area contributed by atoms with Crippen molar-refractivity contribution in [1.82, 2.24) is 9.55 Å². The number of rotatable bonds is 5. The lowest BCUT2D eigenvalue weighted by Crippen LogP contribution is -2.50. The molecule has 4 nitrogen and oxygen atoms in total. The van der Waals surface area contributed by atoms with E-state index in [9.17, 15) is 13.2 Å². The average Bonchev–Trinajstić information content (AvgIpc) is 3.43. The first-order valence-electron chi connectivity index (χ1n) is 12.3. The van der Waals surface area contributed by atoms with Crippen LogP contribution in [0.3, 0.4) is 0 Å². The molecule has 1 aromatic heterocycles. The fourth-order valence-electron chi connectivity index (χ4n) is 5.90. The van der Waals surface area contributed by atoms with E-state index in [1.54, 1.807) is 25.1 Å². The van der Waals surface area contributed by atoms with Gasteiger partial charge in [-0.1, -0.05) is 78.5 Å². The van der Waals surface area contributed by atoms with Gasteiger partial charge >= 0.3 is 6.18 Å². The minimum absolute atomic E-state index is 0.0834. The zero-order chi connectivity index (χ0) is 26.7. The number of thioether (sulfide) groups is 1. The van der Waals surface area contributed by atoms with Crippen LogP contribution in [0.1, 0.15) is 30.2 Å². The zero-order valence-corrected chi connectivity index (χ0v) is 21.9. The number of hydrogen-bond acceptors (Lipinski definition) is 4. The monoisotopic (exact) mass is 533 g/mol. The summed E-state index contributed by atoms with van der Waals surface area (Å²) in [6.07, 6.45) is 3.12. The molecule has 0 N–H and O–H groups in total. The molecule has 38 heavy (non-hydrogen) atoms. The van der Waals surface area contributed by atoms with Gasteiger partial charge in [-0.25, -0.2) is 4.98 Å². The topological polar surface area (TPSA) is 30.3 Å². The Bertz CT molecular complexity index is 1460. The van der Waals surface area contributed by atoms with Gasteiger partial charge in [0.05, 0.1) is 17.1 Å². The molecule has 2 aromatic carbocycles. The van der Waals surface area contributed by atoms with Gasteiger partial charge in [-0.2, -0.15) is 13.2 Å². The molecule has 6 rings (SSSR count). The minimum atomic E-state index is -4.55. The molecule has 2 aliphatic heterocycles. The summed E-state index contributed by atoms with van der Waals surface area (Å²) in [4.78, 5) is 5.93. The van der Waals surface area contributed by atoms with E-state index < -0.39 is 17.4 Å². The lowest BCUT2D eigenvalue weighted by Gasteiger charge is -2.42. The van der Waals surface area contributed by atoms with Crippen LogP contribution in [0.15, 0.2) is 113 Å². The van der Waals surface area contributed by atoms with Crippen molar-refractivity contribution < 1.29 is 17.9 Å². The minimum Gasteiger partial charge on any atom is -0.373 e. The van der Waals surface area contributed by atoms with E-state index in [1.165, 1.54) is 11.0 Å². The van der Waals surface area contributed by atoms with Crippen molar-refractivity contribution in [3.63, 3.8) is 0 Å². The molecule has 2 unspecified atom stereocenters. The molecule has 0 fully saturated rings. The van der Waals surface area contributed by atoms with E-state index in [0.717, 1.165) is 39.1 Å². The second-order valence-electron chi connectivity index (χ2n) is 9.66. The number of ether oxygens (including phenoxy) is 1. The van der Waals surface area contributed by atoms with Crippen LogP contribution < -0.4 is 4.90 Å². The van der Waals surface area contributed by atoms with Crippen LogP contribution in [0.5, 0.6) is 0 Å². The maximum absolute atomic E-state index is 14.4. The Labute approximate surface area is 223 Å². The number of hydrogen-bond donors (Lipinski definition) is 0. The smallest absolute Gasteiger partial charge is 0.373 e. The van der Waals surface area contributed by atoms with Gasteiger partial charge in [0, 0.05) is 7.11 Å². The molecule has 1 aliphatic carbocycles. The van der Waals surface area contributed by atoms with Crippen molar-refractivity contribution in [2.24, 2.45) is 0 Å². The molecule has 0 radical (unpaired) electrons. The fourth-order valence-corrected chi connectivity index (χ4v) is 7.12. The maximum atomic E-state index is 14.4. The molecule has 3 aliphatic rings. The van der Waals surface area contributed by atoms with Crippen LogP contribution in [0.25, 0.3) is 5.70 Å². The van der Waals surface area contributed by atoms with Gasteiger partial charge in [-0.3, -0.25) is 9.47 Å². The van der Waals surface area contributed by atoms with E-state index >= 15 is 0 Å². The summed E-state index contributed by atoms with van der Waals surface area (Å²) in [5.74, 6) is 0.246. The maximum Gasteiger partial charge on any atom is 0.431 e. The van der Waals surface area contributed by atoms with Crippen LogP contribution in [-0.2, 0) is 4.74 Å². The van der Waals surface area contributed by atoms with Crippen molar-refractivity contribution in [1.29, 1.82) is 0 Å². The molecular formula is C30H26F3N3OS. The Morgan fingerprint density at radius 1 is 1.00 bits per heavy atom. The van der Waals surface area contributed by atoms with E-state index in [1.807, 2.05) is 67.0 Å². The molecular weight excluding hydrogens is 507 g/mol. The largest absolute Gasteiger partial charge is 0.431 e. The summed E-state index contributed by atoms with van der Waals surface area (Å²) in [5.41, 5.74) is 2.76. The average molecular weight is 534 g/mol. The Kier molecular flexibility index (Phi) is 5.92. The van der Waals surface area contributed by atoms with Crippen molar-refractivity contribution in [2.45, 2.75) is 41.9 Å². The third-order valence-electron chi connectivity index (χ3n) is 7.33. The van der Waals surface area contributed by atoms with Crippen LogP contribution in [0.4, 0.5) is 19.1 Å². The molecule has 2 atom stereocenters. The Balaban J connectivity index is 1.55. The van der Waals surface area contributed by atoms with E-state index in [4.69, 9.17) is 4.74 Å². The third kappa shape index (κ3) is 3.69. The van der Waals surface area contributed by atoms with Gasteiger partial charge in [-0.05, 0) is 54.3 Å². The van der Waals surface area contributed by atoms with Crippen LogP contribution in [0, 0.1) is 0 Å². The molecule has 0 bridgehead atoms. The first kappa shape index (κ1) is 24.8. The highest BCUT2D eigenvalue weighted by Crippen LogP contribution is 2.56. The Hall–Kier alpha value is -3.49. The number of halogens is 3. The van der Waals surface area contributed by atoms with Crippen molar-refractivity contribution >= 4 is 23.4 Å². The van der Waals surface area contributed by atoms with Crippen LogP contribution in [0.2, 0.25) is 0 Å². The molecule has 3 heterocycles. The number of benzene rings is 2. The zero-order valence-electron chi connectivity index (χ0n) is 21.1. The molecule has 1 spiro atoms. The second-order valence-corrected chi connectivity index (χ2v) is 10.8. The molecule has 194 valence electrons. The molecule has 8 heteroatoms. The summed E-state index contributed by atoms with van der Waals surface area (Å²) >= 11 is 1.58. The van der Waals surface area contributed by atoms with Crippen molar-refractivity contribution in [2.75, 3.05) is 12.0 Å². The van der Waals surface area contributed by atoms with Crippen LogP contribution in [-0.4, -0.2) is 34.5 Å². The van der Waals surface area contributed by atoms with Crippen LogP contribution >= 0.6 is 11.8 Å². The summed E-state index contributed by atoms with van der Waals surface area (Å²) in [7, 11) is 1.62. The highest BCUT2D eigenvalue weighted by atomic mass is 32.2. The SMILES string of the molecule is COC1C(C)=CC23C=CC=C(C(F)(F)F)N2c2ncc(SC(c4ccccc4)c4ccccc4)n2C3=C1C. The predicted octanol–water partition coefficient (Wildman–Crippen LogP) is 7.55. The summed E-state index contributed by atoms with van der Waals surface area (Å²) in [6.45, 7) is 3.84. The molecule has 0 amide bonds. The summed E-state index contributed by atoms with van der Waals surface area (Å²) in [6, 6.07) is 20.2. The molecule has 0 saturated carbocycles. The number of aromatic nitrogens is 2. The predicted molar refractivity (Wildman–Crippen MR) is 145 cm³/mol. The van der Waals surface area contributed by atoms with Crippen molar-refractivity contribution in [3.8, 4) is 0 Å². The summed E-state index contributed by atoms with van der Waals surface area (Å²) in [5, 5.41) is 0.679. The summed E-state index contributed by atoms with van der Waals surface area (Å²) < 4.78 is 50.8. The first-order valence-corrected chi connectivity index (χ1v) is 13.2. The van der Waals surface area contributed by atoms with E-state index in [2.05, 4.69) is 29.2 Å². The number of allylic oxidation sites excluding steroid dienone is 3. The highest BCUT2D eigenvalue weighted by Gasteiger charge is 2.57. The number of anilines is 1. The van der Waals surface area contributed by atoms with E-state index in [-0.39, 0.29) is 17.3 Å². The van der Waals surface area contributed by atoms with Gasteiger partial charge < -0.3 is 4.74 Å². The van der Waals surface area contributed by atoms with Gasteiger partial charge in [0.25, 0.3) is 0 Å². The van der Waals surface area contributed by atoms with E-state index in [0.29, 0.717) is 0 Å². The molecule has 0 saturated heterocycles.